The van der Waals surface area contributed by atoms with Crippen LogP contribution in [0.5, 0.6) is 0 Å². The normalized spacial score (nSPS) is 17.7. The fourth-order valence-corrected chi connectivity index (χ4v) is 4.24. The van der Waals surface area contributed by atoms with Crippen LogP contribution in [0.2, 0.25) is 0 Å². The van der Waals surface area contributed by atoms with Gasteiger partial charge in [-0.3, -0.25) is 9.80 Å². The molecule has 2 aliphatic heterocycles. The van der Waals surface area contributed by atoms with Crippen LogP contribution in [0.25, 0.3) is 0 Å². The number of hydrogen-bond donors (Lipinski definition) is 2. The second kappa shape index (κ2) is 10.4. The third-order valence-electron chi connectivity index (χ3n) is 5.60. The molecule has 3 heterocycles. The summed E-state index contributed by atoms with van der Waals surface area (Å²) in [6, 6.07) is 10.3. The maximum Gasteiger partial charge on any atom is 1.00 e. The molecule has 2 N–H and O–H groups in total. The van der Waals surface area contributed by atoms with E-state index < -0.39 is 17.9 Å². The summed E-state index contributed by atoms with van der Waals surface area (Å²) < 4.78 is 5.46. The van der Waals surface area contributed by atoms with Gasteiger partial charge in [0.15, 0.2) is 6.23 Å². The van der Waals surface area contributed by atoms with E-state index in [1.807, 2.05) is 18.2 Å². The van der Waals surface area contributed by atoms with Crippen molar-refractivity contribution in [3.05, 3.63) is 64.0 Å². The minimum atomic E-state index is -1.17. The van der Waals surface area contributed by atoms with Gasteiger partial charge in [-0.1, -0.05) is 38.7 Å². The van der Waals surface area contributed by atoms with Gasteiger partial charge in [0.1, 0.15) is 5.60 Å². The van der Waals surface area contributed by atoms with Gasteiger partial charge < -0.3 is 14.9 Å². The number of amides is 1. The molecule has 1 unspecified atom stereocenters. The van der Waals surface area contributed by atoms with Gasteiger partial charge in [0.2, 0.25) is 0 Å². The van der Waals surface area contributed by atoms with E-state index in [0.29, 0.717) is 17.9 Å². The zero-order valence-corrected chi connectivity index (χ0v) is 18.8. The Balaban J connectivity index is 0.00000181. The Kier molecular flexibility index (Phi) is 8.60. The molecule has 0 radical (unpaired) electrons. The van der Waals surface area contributed by atoms with Crippen molar-refractivity contribution in [3.8, 4) is 0 Å². The molecule has 2 aromatic rings. The summed E-state index contributed by atoms with van der Waals surface area (Å²) in [5.74, 6) is 0. The number of hydrogen-bond acceptors (Lipinski definition) is 6. The molecule has 1 amide bonds. The van der Waals surface area contributed by atoms with Gasteiger partial charge in [-0.2, -0.15) is 0 Å². The Hall–Kier alpha value is -1.82. The first-order chi connectivity index (χ1) is 14.3. The van der Waals surface area contributed by atoms with Gasteiger partial charge >= 0.3 is 25.0 Å². The average Bonchev–Trinajstić information content (AvgIpc) is 3.04. The third kappa shape index (κ3) is 5.39. The molecule has 2 aliphatic rings. The van der Waals surface area contributed by atoms with Crippen LogP contribution in [0.1, 0.15) is 60.6 Å². The fraction of sp³-hybridized carbons (Fsp3) is 0.478. The van der Waals surface area contributed by atoms with E-state index in [1.165, 1.54) is 10.5 Å². The summed E-state index contributed by atoms with van der Waals surface area (Å²) in [5, 5.41) is 20.7. The maximum absolute atomic E-state index is 12.6. The largest absolute Gasteiger partial charge is 1.00 e. The predicted octanol–water partition coefficient (Wildman–Crippen LogP) is -1.57. The standard InChI is InChI=1S/C23H29N3O4.BH4.Li/c1-23(2,3)30-22(29)26-13-18-17-12-25(11-15-7-5-4-6-8-15)10-9-16(17)19(14-27)24-20(18)21(26)28;;/h4-8,21,27-28H,9-14H2,1-3H3;1H4;/q;-1;+1. The molecular weight excluding hydrogens is 400 g/mol. The summed E-state index contributed by atoms with van der Waals surface area (Å²) in [6.45, 7) is 7.84. The van der Waals surface area contributed by atoms with Crippen LogP contribution >= 0.6 is 0 Å². The molecule has 0 bridgehead atoms. The van der Waals surface area contributed by atoms with Crippen LogP contribution in [0.3, 0.4) is 0 Å². The molecule has 1 atom stereocenters. The van der Waals surface area contributed by atoms with Crippen molar-refractivity contribution in [2.24, 2.45) is 0 Å². The van der Waals surface area contributed by atoms with Crippen molar-refractivity contribution in [1.82, 2.24) is 14.8 Å². The van der Waals surface area contributed by atoms with Gasteiger partial charge in [0.25, 0.3) is 0 Å². The Morgan fingerprint density at radius 2 is 1.84 bits per heavy atom. The fourth-order valence-electron chi connectivity index (χ4n) is 4.24. The molecule has 0 aliphatic carbocycles. The number of carbonyl (C=O) groups is 1. The first-order valence-electron chi connectivity index (χ1n) is 10.3. The zero-order chi connectivity index (χ0) is 21.5. The summed E-state index contributed by atoms with van der Waals surface area (Å²) in [4.78, 5) is 20.8. The Bertz CT molecular complexity index is 952. The molecule has 9 heteroatoms. The number of carbonyl (C=O) groups excluding carboxylic acids is 1. The maximum atomic E-state index is 12.6. The molecular formula is C23H33BLiN3O4. The van der Waals surface area contributed by atoms with E-state index in [4.69, 9.17) is 4.74 Å². The van der Waals surface area contributed by atoms with Crippen molar-refractivity contribution >= 4 is 14.5 Å². The van der Waals surface area contributed by atoms with Crippen LogP contribution in [-0.2, 0) is 37.4 Å². The molecule has 0 fully saturated rings. The molecule has 1 aromatic carbocycles. The van der Waals surface area contributed by atoms with Gasteiger partial charge in [0.05, 0.1) is 24.5 Å². The Morgan fingerprint density at radius 1 is 1.16 bits per heavy atom. The molecule has 7 nitrogen and oxygen atoms in total. The predicted molar refractivity (Wildman–Crippen MR) is 122 cm³/mol. The second-order valence-corrected chi connectivity index (χ2v) is 8.97. The van der Waals surface area contributed by atoms with Gasteiger partial charge in [0, 0.05) is 25.2 Å². The summed E-state index contributed by atoms with van der Waals surface area (Å²) in [7, 11) is 0. The number of fused-ring (bicyclic) bond motifs is 3. The van der Waals surface area contributed by atoms with E-state index in [1.54, 1.807) is 20.8 Å². The van der Waals surface area contributed by atoms with Crippen LogP contribution in [0, 0.1) is 0 Å². The van der Waals surface area contributed by atoms with Crippen molar-refractivity contribution in [2.45, 2.75) is 65.3 Å². The zero-order valence-electron chi connectivity index (χ0n) is 18.8. The first-order valence-corrected chi connectivity index (χ1v) is 10.3. The number of aliphatic hydroxyl groups is 2. The number of ether oxygens (including phenoxy) is 1. The van der Waals surface area contributed by atoms with Gasteiger partial charge in [-0.15, -0.1) is 0 Å². The van der Waals surface area contributed by atoms with Crippen molar-refractivity contribution in [3.63, 3.8) is 0 Å². The van der Waals surface area contributed by atoms with Crippen LogP contribution in [0.4, 0.5) is 4.79 Å². The molecule has 0 saturated carbocycles. The molecule has 168 valence electrons. The van der Waals surface area contributed by atoms with Crippen LogP contribution in [-0.4, -0.2) is 51.6 Å². The summed E-state index contributed by atoms with van der Waals surface area (Å²) >= 11 is 0. The monoisotopic (exact) mass is 433 g/mol. The smallest absolute Gasteiger partial charge is 0.444 e. The average molecular weight is 433 g/mol. The van der Waals surface area contributed by atoms with E-state index in [-0.39, 0.29) is 40.4 Å². The second-order valence-electron chi connectivity index (χ2n) is 8.97. The topological polar surface area (TPSA) is 86.1 Å². The van der Waals surface area contributed by atoms with Gasteiger partial charge in [-0.25, -0.2) is 9.78 Å². The molecule has 32 heavy (non-hydrogen) atoms. The van der Waals surface area contributed by atoms with Crippen LogP contribution < -0.4 is 18.9 Å². The van der Waals surface area contributed by atoms with E-state index in [0.717, 1.165) is 36.2 Å². The van der Waals surface area contributed by atoms with E-state index in [2.05, 4.69) is 22.0 Å². The minimum absolute atomic E-state index is 0. The SMILES string of the molecule is CC(C)(C)OC(=O)N1Cc2c(nc(CO)c3c2CN(Cc2ccccc2)CC3)C1O.[BH4-].[Li+]. The Morgan fingerprint density at radius 3 is 2.47 bits per heavy atom. The summed E-state index contributed by atoms with van der Waals surface area (Å²) in [6.07, 6.45) is -0.958. The van der Waals surface area contributed by atoms with Crippen molar-refractivity contribution < 1.29 is 38.6 Å². The minimum Gasteiger partial charge on any atom is -0.444 e. The van der Waals surface area contributed by atoms with Gasteiger partial charge in [-0.05, 0) is 43.9 Å². The number of rotatable bonds is 3. The number of nitrogens with zero attached hydrogens (tertiary/aromatic N) is 3. The number of pyridine rings is 1. The molecule has 1 aromatic heterocycles. The first kappa shape index (κ1) is 26.4. The third-order valence-corrected chi connectivity index (χ3v) is 5.60. The quantitative estimate of drug-likeness (QED) is 0.569. The van der Waals surface area contributed by atoms with E-state index in [9.17, 15) is 15.0 Å². The number of aliphatic hydroxyl groups excluding tert-OH is 2. The summed E-state index contributed by atoms with van der Waals surface area (Å²) in [5.41, 5.74) is 4.61. The van der Waals surface area contributed by atoms with Crippen LogP contribution in [0.15, 0.2) is 30.3 Å². The van der Waals surface area contributed by atoms with E-state index >= 15 is 0 Å². The molecule has 0 spiro atoms. The van der Waals surface area contributed by atoms with Crippen molar-refractivity contribution in [1.29, 1.82) is 0 Å². The molecule has 4 rings (SSSR count). The Labute approximate surface area is 203 Å². The molecule has 0 saturated heterocycles. The number of benzene rings is 1. The number of aromatic nitrogens is 1. The van der Waals surface area contributed by atoms with Crippen molar-refractivity contribution in [2.75, 3.05) is 6.54 Å².